The number of aromatic nitrogens is 3. The van der Waals surface area contributed by atoms with Crippen LogP contribution in [0.2, 0.25) is 0 Å². The summed E-state index contributed by atoms with van der Waals surface area (Å²) in [5, 5.41) is 2.96. The van der Waals surface area contributed by atoms with Gasteiger partial charge in [0.25, 0.3) is 0 Å². The molecule has 36 heavy (non-hydrogen) atoms. The average Bonchev–Trinajstić information content (AvgIpc) is 3.26. The van der Waals surface area contributed by atoms with E-state index in [0.717, 1.165) is 35.8 Å². The molecule has 186 valence electrons. The number of methoxy groups -OCH3 is 2. The number of piperazine rings is 1. The van der Waals surface area contributed by atoms with Crippen molar-refractivity contribution in [2.24, 2.45) is 0 Å². The smallest absolute Gasteiger partial charge is 0.321 e. The Labute approximate surface area is 210 Å². The van der Waals surface area contributed by atoms with Gasteiger partial charge in [-0.15, -0.1) is 0 Å². The van der Waals surface area contributed by atoms with Crippen LogP contribution < -0.4 is 14.8 Å². The standard InChI is InChI=1S/C27H30N6O3/c1-19-6-4-7-21(14-19)33-25(30-24-8-5-9-28-26(24)33)18-31-10-12-32(13-11-31)27(34)29-20-15-22(35-2)17-23(16-20)36-3/h4-9,14-17H,10-13,18H2,1-3H3,(H,29,34). The molecule has 9 heteroatoms. The number of aryl methyl sites for hydroxylation is 1. The van der Waals surface area contributed by atoms with Gasteiger partial charge in [-0.1, -0.05) is 12.1 Å². The van der Waals surface area contributed by atoms with E-state index >= 15 is 0 Å². The van der Waals surface area contributed by atoms with Gasteiger partial charge >= 0.3 is 6.03 Å². The Balaban J connectivity index is 1.27. The minimum Gasteiger partial charge on any atom is -0.497 e. The first-order valence-electron chi connectivity index (χ1n) is 11.9. The van der Waals surface area contributed by atoms with E-state index in [2.05, 4.69) is 51.0 Å². The minimum absolute atomic E-state index is 0.138. The van der Waals surface area contributed by atoms with Gasteiger partial charge in [-0.05, 0) is 36.8 Å². The average molecular weight is 487 g/mol. The third-order valence-corrected chi connectivity index (χ3v) is 6.37. The van der Waals surface area contributed by atoms with E-state index in [1.165, 1.54) is 5.56 Å². The molecule has 2 amide bonds. The van der Waals surface area contributed by atoms with E-state index in [4.69, 9.17) is 14.5 Å². The van der Waals surface area contributed by atoms with Crippen molar-refractivity contribution in [3.8, 4) is 17.2 Å². The number of nitrogens with one attached hydrogen (secondary N) is 1. The van der Waals surface area contributed by atoms with Crippen LogP contribution in [0.1, 0.15) is 11.4 Å². The van der Waals surface area contributed by atoms with Gasteiger partial charge in [0.05, 0.1) is 20.8 Å². The molecular formula is C27H30N6O3. The molecule has 2 aromatic carbocycles. The second kappa shape index (κ2) is 10.2. The molecule has 3 heterocycles. The Hall–Kier alpha value is -4.11. The molecule has 1 aliphatic rings. The van der Waals surface area contributed by atoms with E-state index in [1.807, 2.05) is 17.0 Å². The van der Waals surface area contributed by atoms with Gasteiger partial charge in [0.15, 0.2) is 5.65 Å². The summed E-state index contributed by atoms with van der Waals surface area (Å²) in [7, 11) is 3.17. The van der Waals surface area contributed by atoms with Crippen molar-refractivity contribution in [3.63, 3.8) is 0 Å². The molecule has 1 aliphatic heterocycles. The molecule has 0 aliphatic carbocycles. The Kier molecular flexibility index (Phi) is 6.73. The monoisotopic (exact) mass is 486 g/mol. The molecule has 0 spiro atoms. The molecule has 1 fully saturated rings. The highest BCUT2D eigenvalue weighted by Crippen LogP contribution is 2.26. The fourth-order valence-electron chi connectivity index (χ4n) is 4.49. The number of carbonyl (C=O) groups is 1. The summed E-state index contributed by atoms with van der Waals surface area (Å²) in [6.45, 7) is 5.50. The normalized spacial score (nSPS) is 14.1. The zero-order valence-electron chi connectivity index (χ0n) is 20.8. The molecule has 0 saturated carbocycles. The first-order valence-corrected chi connectivity index (χ1v) is 11.9. The van der Waals surface area contributed by atoms with Gasteiger partial charge in [0, 0.05) is 61.9 Å². The zero-order chi connectivity index (χ0) is 25.1. The maximum absolute atomic E-state index is 12.9. The molecule has 9 nitrogen and oxygen atoms in total. The molecule has 0 radical (unpaired) electrons. The van der Waals surface area contributed by atoms with E-state index < -0.39 is 0 Å². The van der Waals surface area contributed by atoms with E-state index in [0.29, 0.717) is 36.8 Å². The summed E-state index contributed by atoms with van der Waals surface area (Å²) in [6, 6.07) is 17.5. The van der Waals surface area contributed by atoms with Crippen molar-refractivity contribution >= 4 is 22.9 Å². The summed E-state index contributed by atoms with van der Waals surface area (Å²) in [4.78, 5) is 26.6. The Morgan fingerprint density at radius 2 is 1.72 bits per heavy atom. The van der Waals surface area contributed by atoms with Crippen LogP contribution in [0, 0.1) is 6.92 Å². The quantitative estimate of drug-likeness (QED) is 0.442. The van der Waals surface area contributed by atoms with Crippen molar-refractivity contribution in [1.82, 2.24) is 24.3 Å². The van der Waals surface area contributed by atoms with Crippen molar-refractivity contribution in [1.29, 1.82) is 0 Å². The first kappa shape index (κ1) is 23.6. The lowest BCUT2D eigenvalue weighted by Gasteiger charge is -2.34. The molecule has 0 atom stereocenters. The summed E-state index contributed by atoms with van der Waals surface area (Å²) in [6.07, 6.45) is 1.80. The number of ether oxygens (including phenoxy) is 2. The number of nitrogens with zero attached hydrogens (tertiary/aromatic N) is 5. The largest absolute Gasteiger partial charge is 0.497 e. The Morgan fingerprint density at radius 1 is 0.972 bits per heavy atom. The fraction of sp³-hybridized carbons (Fsp3) is 0.296. The van der Waals surface area contributed by atoms with Gasteiger partial charge in [0.2, 0.25) is 0 Å². The summed E-state index contributed by atoms with van der Waals surface area (Å²) < 4.78 is 12.7. The van der Waals surface area contributed by atoms with Crippen molar-refractivity contribution in [2.45, 2.75) is 13.5 Å². The molecule has 1 N–H and O–H groups in total. The SMILES string of the molecule is COc1cc(NC(=O)N2CCN(Cc3nc4cccnc4n3-c3cccc(C)c3)CC2)cc(OC)c1. The molecule has 5 rings (SSSR count). The number of hydrogen-bond acceptors (Lipinski definition) is 6. The Bertz CT molecular complexity index is 1350. The predicted octanol–water partition coefficient (Wildman–Crippen LogP) is 4.10. The number of pyridine rings is 1. The lowest BCUT2D eigenvalue weighted by molar-refractivity contribution is 0.140. The number of benzene rings is 2. The van der Waals surface area contributed by atoms with Crippen LogP contribution in [0.3, 0.4) is 0 Å². The zero-order valence-corrected chi connectivity index (χ0v) is 20.8. The van der Waals surface area contributed by atoms with Crippen molar-refractivity contribution in [2.75, 3.05) is 45.7 Å². The molecule has 4 aromatic rings. The Morgan fingerprint density at radius 3 is 2.42 bits per heavy atom. The van der Waals surface area contributed by atoms with Crippen LogP contribution in [0.15, 0.2) is 60.8 Å². The summed E-state index contributed by atoms with van der Waals surface area (Å²) >= 11 is 0. The topological polar surface area (TPSA) is 84.8 Å². The lowest BCUT2D eigenvalue weighted by atomic mass is 10.2. The second-order valence-electron chi connectivity index (χ2n) is 8.84. The lowest BCUT2D eigenvalue weighted by Crippen LogP contribution is -2.49. The molecule has 0 bridgehead atoms. The van der Waals surface area contributed by atoms with Crippen molar-refractivity contribution < 1.29 is 14.3 Å². The van der Waals surface area contributed by atoms with Gasteiger partial charge in [-0.3, -0.25) is 9.47 Å². The number of rotatable bonds is 6. The number of carbonyl (C=O) groups excluding carboxylic acids is 1. The van der Waals surface area contributed by atoms with Crippen LogP contribution in [0.5, 0.6) is 11.5 Å². The van der Waals surface area contributed by atoms with Gasteiger partial charge in [0.1, 0.15) is 22.8 Å². The van der Waals surface area contributed by atoms with Crippen molar-refractivity contribution in [3.05, 3.63) is 72.2 Å². The number of urea groups is 1. The van der Waals surface area contributed by atoms with Crippen LogP contribution >= 0.6 is 0 Å². The van der Waals surface area contributed by atoms with E-state index in [1.54, 1.807) is 38.6 Å². The van der Waals surface area contributed by atoms with E-state index in [-0.39, 0.29) is 6.03 Å². The number of anilines is 1. The number of hydrogen-bond donors (Lipinski definition) is 1. The van der Waals surface area contributed by atoms with Crippen LogP contribution in [-0.4, -0.2) is 70.8 Å². The van der Waals surface area contributed by atoms with Crippen LogP contribution in [0.4, 0.5) is 10.5 Å². The minimum atomic E-state index is -0.138. The molecule has 1 saturated heterocycles. The first-order chi connectivity index (χ1) is 17.5. The maximum atomic E-state index is 12.9. The molecular weight excluding hydrogens is 456 g/mol. The van der Waals surface area contributed by atoms with E-state index in [9.17, 15) is 4.79 Å². The van der Waals surface area contributed by atoms with Crippen LogP contribution in [0.25, 0.3) is 16.9 Å². The third-order valence-electron chi connectivity index (χ3n) is 6.37. The number of imidazole rings is 1. The van der Waals surface area contributed by atoms with Gasteiger partial charge in [-0.2, -0.15) is 0 Å². The highest BCUT2D eigenvalue weighted by atomic mass is 16.5. The third kappa shape index (κ3) is 4.96. The molecule has 0 unspecified atom stereocenters. The summed E-state index contributed by atoms with van der Waals surface area (Å²) in [5.41, 5.74) is 4.60. The maximum Gasteiger partial charge on any atom is 0.321 e. The highest BCUT2D eigenvalue weighted by Gasteiger charge is 2.24. The highest BCUT2D eigenvalue weighted by molar-refractivity contribution is 5.90. The van der Waals surface area contributed by atoms with Gasteiger partial charge in [-0.25, -0.2) is 14.8 Å². The number of fused-ring (bicyclic) bond motifs is 1. The second-order valence-corrected chi connectivity index (χ2v) is 8.84. The fourth-order valence-corrected chi connectivity index (χ4v) is 4.49. The predicted molar refractivity (Wildman–Crippen MR) is 139 cm³/mol. The number of amides is 2. The van der Waals surface area contributed by atoms with Crippen LogP contribution in [-0.2, 0) is 6.54 Å². The summed E-state index contributed by atoms with van der Waals surface area (Å²) in [5.74, 6) is 2.19. The molecule has 2 aromatic heterocycles. The van der Waals surface area contributed by atoms with Gasteiger partial charge < -0.3 is 19.7 Å².